The number of methoxy groups -OCH3 is 2. The Morgan fingerprint density at radius 2 is 0.896 bits per heavy atom. The Kier molecular flexibility index (Phi) is 6.91. The number of amides is 2. The van der Waals surface area contributed by atoms with Gasteiger partial charge in [0.05, 0.1) is 43.4 Å². The van der Waals surface area contributed by atoms with Crippen LogP contribution in [0.4, 0.5) is 0 Å². The van der Waals surface area contributed by atoms with Gasteiger partial charge in [0.1, 0.15) is 11.5 Å². The molecule has 1 heterocycles. The molecule has 2 fully saturated rings. The molecule has 2 amide bonds. The van der Waals surface area contributed by atoms with Gasteiger partial charge in [-0.05, 0) is 63.2 Å². The van der Waals surface area contributed by atoms with Crippen LogP contribution in [0, 0.1) is 11.8 Å². The van der Waals surface area contributed by atoms with Gasteiger partial charge < -0.3 is 9.47 Å². The summed E-state index contributed by atoms with van der Waals surface area (Å²) >= 11 is 0. The maximum absolute atomic E-state index is 16.0. The van der Waals surface area contributed by atoms with E-state index in [1.807, 2.05) is 140 Å². The fourth-order valence-electron chi connectivity index (χ4n) is 8.62. The van der Waals surface area contributed by atoms with Crippen molar-refractivity contribution in [3.8, 4) is 11.5 Å². The Hall–Kier alpha value is -5.75. The van der Waals surface area contributed by atoms with Crippen molar-refractivity contribution in [3.63, 3.8) is 0 Å². The van der Waals surface area contributed by atoms with E-state index < -0.39 is 22.7 Å². The van der Waals surface area contributed by atoms with Crippen molar-refractivity contribution in [1.82, 2.24) is 4.90 Å². The van der Waals surface area contributed by atoms with Gasteiger partial charge in [-0.25, -0.2) is 0 Å². The Morgan fingerprint density at radius 1 is 0.521 bits per heavy atom. The molecule has 6 nitrogen and oxygen atoms in total. The molecule has 236 valence electrons. The number of ketones is 1. The van der Waals surface area contributed by atoms with Gasteiger partial charge >= 0.3 is 0 Å². The number of carbonyl (C=O) groups excluding carboxylic acids is 3. The molecule has 8 rings (SSSR count). The number of Topliss-reactive ketones (excluding diaryl/α,β-unsaturated/α-hetero) is 1. The molecular weight excluding hydrogens is 598 g/mol. The standard InChI is InChI=1S/C42H33NO5/c1-47-32-22-18-28(19-23-32)34-35(29-20-24-33(48-2)25-21-29)42(31-16-10-5-11-17-31)37-36(41(34,40(42)46)30-14-8-4-9-15-30)38(44)43(39(37)45)26-27-12-6-3-7-13-27/h3-25,36-37H,26H2,1-2H3/t36-,37+,41+,42-. The normalized spacial score (nSPS) is 24.3. The van der Waals surface area contributed by atoms with Gasteiger partial charge in [0, 0.05) is 0 Å². The summed E-state index contributed by atoms with van der Waals surface area (Å²) in [6, 6.07) is 43.9. The van der Waals surface area contributed by atoms with Crippen LogP contribution in [0.25, 0.3) is 11.1 Å². The first-order chi connectivity index (χ1) is 23.5. The van der Waals surface area contributed by atoms with E-state index in [2.05, 4.69) is 0 Å². The largest absolute Gasteiger partial charge is 0.497 e. The molecule has 0 unspecified atom stereocenters. The molecule has 0 radical (unpaired) electrons. The number of carbonyl (C=O) groups is 3. The number of fused-ring (bicyclic) bond motifs is 5. The third-order valence-corrected chi connectivity index (χ3v) is 10.5. The van der Waals surface area contributed by atoms with E-state index in [4.69, 9.17) is 9.47 Å². The molecule has 2 aliphatic carbocycles. The van der Waals surface area contributed by atoms with Crippen molar-refractivity contribution < 1.29 is 23.9 Å². The molecule has 5 aromatic rings. The zero-order valence-corrected chi connectivity index (χ0v) is 26.6. The predicted octanol–water partition coefficient (Wildman–Crippen LogP) is 6.89. The number of imide groups is 1. The number of benzene rings is 5. The number of ether oxygens (including phenoxy) is 2. The second kappa shape index (κ2) is 11.2. The van der Waals surface area contributed by atoms with Gasteiger partial charge in [0.25, 0.3) is 0 Å². The summed E-state index contributed by atoms with van der Waals surface area (Å²) in [7, 11) is 3.23. The summed E-state index contributed by atoms with van der Waals surface area (Å²) in [5.41, 5.74) is 2.37. The van der Waals surface area contributed by atoms with E-state index in [9.17, 15) is 9.59 Å². The number of hydrogen-bond acceptors (Lipinski definition) is 5. The van der Waals surface area contributed by atoms with Gasteiger partial charge in [0.15, 0.2) is 5.78 Å². The van der Waals surface area contributed by atoms with E-state index in [-0.39, 0.29) is 24.1 Å². The zero-order chi connectivity index (χ0) is 33.0. The minimum Gasteiger partial charge on any atom is -0.497 e. The van der Waals surface area contributed by atoms with E-state index in [0.717, 1.165) is 27.8 Å². The fraction of sp³-hybridized carbons (Fsp3) is 0.167. The van der Waals surface area contributed by atoms with Gasteiger partial charge in [-0.2, -0.15) is 0 Å². The molecule has 1 saturated carbocycles. The number of nitrogens with zero attached hydrogens (tertiary/aromatic N) is 1. The lowest BCUT2D eigenvalue weighted by Gasteiger charge is -2.39. The second-order valence-electron chi connectivity index (χ2n) is 12.6. The molecule has 2 bridgehead atoms. The van der Waals surface area contributed by atoms with Crippen molar-refractivity contribution in [2.75, 3.05) is 14.2 Å². The number of hydrogen-bond donors (Lipinski definition) is 0. The highest BCUT2D eigenvalue weighted by Crippen LogP contribution is 2.74. The van der Waals surface area contributed by atoms with Gasteiger partial charge in [-0.3, -0.25) is 19.3 Å². The smallest absolute Gasteiger partial charge is 0.235 e. The molecule has 3 aliphatic rings. The van der Waals surface area contributed by atoms with Crippen LogP contribution in [0.1, 0.15) is 27.8 Å². The first-order valence-electron chi connectivity index (χ1n) is 16.1. The average molecular weight is 632 g/mol. The molecule has 48 heavy (non-hydrogen) atoms. The van der Waals surface area contributed by atoms with Crippen LogP contribution >= 0.6 is 0 Å². The summed E-state index contributed by atoms with van der Waals surface area (Å²) in [5, 5.41) is 0. The van der Waals surface area contributed by atoms with E-state index in [1.165, 1.54) is 4.90 Å². The average Bonchev–Trinajstić information content (AvgIpc) is 3.65. The maximum atomic E-state index is 16.0. The monoisotopic (exact) mass is 631 g/mol. The van der Waals surface area contributed by atoms with Crippen molar-refractivity contribution in [1.29, 1.82) is 0 Å². The Labute approximate surface area is 279 Å². The lowest BCUT2D eigenvalue weighted by molar-refractivity contribution is -0.143. The number of rotatable bonds is 8. The van der Waals surface area contributed by atoms with Crippen LogP contribution < -0.4 is 9.47 Å². The van der Waals surface area contributed by atoms with Crippen molar-refractivity contribution >= 4 is 28.7 Å². The first-order valence-corrected chi connectivity index (χ1v) is 16.1. The number of allylic oxidation sites excluding steroid dienone is 2. The topological polar surface area (TPSA) is 72.9 Å². The molecule has 0 N–H and O–H groups in total. The van der Waals surface area contributed by atoms with Crippen molar-refractivity contribution in [2.45, 2.75) is 17.4 Å². The summed E-state index contributed by atoms with van der Waals surface area (Å²) in [4.78, 5) is 47.3. The molecule has 4 atom stereocenters. The van der Waals surface area contributed by atoms with E-state index in [1.54, 1.807) is 14.2 Å². The Bertz CT molecular complexity index is 1940. The van der Waals surface area contributed by atoms with Crippen LogP contribution in [0.15, 0.2) is 140 Å². The lowest BCUT2D eigenvalue weighted by atomic mass is 9.59. The highest BCUT2D eigenvalue weighted by molar-refractivity contribution is 6.35. The SMILES string of the molecule is COc1ccc(C2=C(c3ccc(OC)cc3)[C@]3(c4ccccc4)C(=O)[C@@]2(c2ccccc2)[C@@H]2C(=O)N(Cc4ccccc4)C(=O)[C@@H]23)cc1. The molecule has 0 aromatic heterocycles. The highest BCUT2D eigenvalue weighted by atomic mass is 16.5. The quantitative estimate of drug-likeness (QED) is 0.175. The molecule has 6 heteroatoms. The molecule has 1 saturated heterocycles. The zero-order valence-electron chi connectivity index (χ0n) is 26.6. The van der Waals surface area contributed by atoms with Crippen molar-refractivity contribution in [3.05, 3.63) is 167 Å². The van der Waals surface area contributed by atoms with Gasteiger partial charge in [-0.1, -0.05) is 115 Å². The summed E-state index contributed by atoms with van der Waals surface area (Å²) < 4.78 is 11.0. The Morgan fingerprint density at radius 3 is 1.27 bits per heavy atom. The third-order valence-electron chi connectivity index (χ3n) is 10.5. The minimum atomic E-state index is -1.45. The highest BCUT2D eigenvalue weighted by Gasteiger charge is 2.82. The second-order valence-corrected chi connectivity index (χ2v) is 12.6. The molecular formula is C42H33NO5. The van der Waals surface area contributed by atoms with Crippen LogP contribution in [0.5, 0.6) is 11.5 Å². The summed E-state index contributed by atoms with van der Waals surface area (Å²) in [6.07, 6.45) is 0. The van der Waals surface area contributed by atoms with E-state index >= 15 is 4.79 Å². The van der Waals surface area contributed by atoms with Crippen LogP contribution in [-0.4, -0.2) is 36.7 Å². The number of likely N-dealkylation sites (tertiary alicyclic amines) is 1. The predicted molar refractivity (Wildman–Crippen MR) is 183 cm³/mol. The minimum absolute atomic E-state index is 0.130. The van der Waals surface area contributed by atoms with Crippen molar-refractivity contribution in [2.24, 2.45) is 11.8 Å². The van der Waals surface area contributed by atoms with Gasteiger partial charge in [-0.15, -0.1) is 0 Å². The van der Waals surface area contributed by atoms with Gasteiger partial charge in [0.2, 0.25) is 11.8 Å². The molecule has 1 aliphatic heterocycles. The maximum Gasteiger partial charge on any atom is 0.235 e. The fourth-order valence-corrected chi connectivity index (χ4v) is 8.62. The summed E-state index contributed by atoms with van der Waals surface area (Å²) in [5.74, 6) is -1.38. The first kappa shape index (κ1) is 29.6. The lowest BCUT2D eigenvalue weighted by Crippen LogP contribution is -2.45. The molecule has 0 spiro atoms. The van der Waals surface area contributed by atoms with E-state index in [0.29, 0.717) is 22.6 Å². The summed E-state index contributed by atoms with van der Waals surface area (Å²) in [6.45, 7) is 0.130. The van der Waals surface area contributed by atoms with Crippen LogP contribution in [0.3, 0.4) is 0 Å². The molecule has 5 aromatic carbocycles. The third kappa shape index (κ3) is 3.89. The van der Waals surface area contributed by atoms with Crippen LogP contribution in [0.2, 0.25) is 0 Å². The van der Waals surface area contributed by atoms with Crippen LogP contribution in [-0.2, 0) is 31.8 Å². The Balaban J connectivity index is 1.51.